The summed E-state index contributed by atoms with van der Waals surface area (Å²) < 4.78 is 20.0. The molecule has 0 rings (SSSR count). The van der Waals surface area contributed by atoms with E-state index in [4.69, 9.17) is 25.5 Å². The van der Waals surface area contributed by atoms with Crippen molar-refractivity contribution in [2.24, 2.45) is 0 Å². The lowest BCUT2D eigenvalue weighted by Gasteiger charge is -2.15. The van der Waals surface area contributed by atoms with Crippen LogP contribution in [-0.2, 0) is 18.9 Å². The number of ether oxygens (including phenoxy) is 4. The molecule has 0 saturated heterocycles. The Morgan fingerprint density at radius 2 is 1.24 bits per heavy atom. The van der Waals surface area contributed by atoms with E-state index in [1.807, 2.05) is 0 Å². The van der Waals surface area contributed by atoms with E-state index >= 15 is 0 Å². The SMILES string of the molecule is [C-]#[N+]CCOCC(O)COCC(O)COCC(O)COC. The third kappa shape index (κ3) is 13.9. The zero-order chi connectivity index (χ0) is 15.9. The second kappa shape index (κ2) is 14.2. The summed E-state index contributed by atoms with van der Waals surface area (Å²) in [5.74, 6) is 0. The Balaban J connectivity index is 3.43. The van der Waals surface area contributed by atoms with Crippen LogP contribution >= 0.6 is 0 Å². The van der Waals surface area contributed by atoms with E-state index in [-0.39, 0.29) is 52.8 Å². The molecule has 0 aromatic rings. The first-order valence-electron chi connectivity index (χ1n) is 6.69. The maximum absolute atomic E-state index is 9.54. The minimum absolute atomic E-state index is 0.0134. The van der Waals surface area contributed by atoms with Gasteiger partial charge >= 0.3 is 0 Å². The molecule has 3 N–H and O–H groups in total. The third-order valence-electron chi connectivity index (χ3n) is 2.26. The van der Waals surface area contributed by atoms with Crippen molar-refractivity contribution in [3.63, 3.8) is 0 Å². The molecule has 3 atom stereocenters. The van der Waals surface area contributed by atoms with Crippen molar-refractivity contribution < 1.29 is 34.3 Å². The molecule has 0 radical (unpaired) electrons. The highest BCUT2D eigenvalue weighted by molar-refractivity contribution is 4.59. The molecule has 0 aromatic carbocycles. The summed E-state index contributed by atoms with van der Waals surface area (Å²) in [5.41, 5.74) is 0. The molecule has 0 aromatic heterocycles. The molecule has 8 heteroatoms. The Labute approximate surface area is 125 Å². The number of nitrogens with zero attached hydrogens (tertiary/aromatic N) is 1. The van der Waals surface area contributed by atoms with Crippen LogP contribution in [0.15, 0.2) is 0 Å². The van der Waals surface area contributed by atoms with Gasteiger partial charge in [0.25, 0.3) is 0 Å². The first kappa shape index (κ1) is 20.2. The van der Waals surface area contributed by atoms with Gasteiger partial charge < -0.3 is 39.1 Å². The zero-order valence-electron chi connectivity index (χ0n) is 12.3. The van der Waals surface area contributed by atoms with Crippen LogP contribution in [0.2, 0.25) is 0 Å². The molecule has 0 aliphatic carbocycles. The molecule has 0 aliphatic heterocycles. The van der Waals surface area contributed by atoms with Gasteiger partial charge in [0.2, 0.25) is 6.54 Å². The molecular weight excluding hydrogens is 282 g/mol. The van der Waals surface area contributed by atoms with Gasteiger partial charge in [0.15, 0.2) is 0 Å². The van der Waals surface area contributed by atoms with E-state index in [9.17, 15) is 15.3 Å². The van der Waals surface area contributed by atoms with Crippen LogP contribution in [0.1, 0.15) is 0 Å². The van der Waals surface area contributed by atoms with Crippen LogP contribution in [0.25, 0.3) is 4.85 Å². The minimum Gasteiger partial charge on any atom is -0.388 e. The van der Waals surface area contributed by atoms with Gasteiger partial charge in [-0.15, -0.1) is 0 Å². The quantitative estimate of drug-likeness (QED) is 0.270. The summed E-state index contributed by atoms with van der Waals surface area (Å²) in [4.78, 5) is 3.11. The normalized spacial score (nSPS) is 15.4. The molecule has 0 bridgehead atoms. The molecular formula is C13H25NO7. The van der Waals surface area contributed by atoms with Gasteiger partial charge in [-0.1, -0.05) is 0 Å². The Morgan fingerprint density at radius 3 is 1.67 bits per heavy atom. The Bertz CT molecular complexity index is 272. The molecule has 21 heavy (non-hydrogen) atoms. The topological polar surface area (TPSA) is 102 Å². The standard InChI is InChI=1S/C13H25NO7/c1-14-3-4-19-6-12(16)8-21-10-13(17)9-20-7-11(15)5-18-2/h11-13,15-17H,3-10H2,2H3. The molecule has 0 amide bonds. The number of hydrogen-bond acceptors (Lipinski definition) is 7. The summed E-state index contributed by atoms with van der Waals surface area (Å²) in [6.07, 6.45) is -2.36. The van der Waals surface area contributed by atoms with Crippen LogP contribution in [0.3, 0.4) is 0 Å². The van der Waals surface area contributed by atoms with Crippen LogP contribution in [0.4, 0.5) is 0 Å². The summed E-state index contributed by atoms with van der Waals surface area (Å²) in [6, 6.07) is 0. The maximum atomic E-state index is 9.54. The first-order valence-corrected chi connectivity index (χ1v) is 6.69. The van der Waals surface area contributed by atoms with Gasteiger partial charge in [0.05, 0.1) is 39.6 Å². The Hall–Kier alpha value is -0.790. The highest BCUT2D eigenvalue weighted by Crippen LogP contribution is 1.94. The Morgan fingerprint density at radius 1 is 0.810 bits per heavy atom. The molecule has 3 unspecified atom stereocenters. The fourth-order valence-electron chi connectivity index (χ4n) is 1.35. The lowest BCUT2D eigenvalue weighted by molar-refractivity contribution is -0.0686. The Kier molecular flexibility index (Phi) is 13.6. The zero-order valence-corrected chi connectivity index (χ0v) is 12.3. The van der Waals surface area contributed by atoms with Crippen LogP contribution in [0, 0.1) is 6.57 Å². The second-order valence-electron chi connectivity index (χ2n) is 4.45. The van der Waals surface area contributed by atoms with Gasteiger partial charge in [-0.05, 0) is 0 Å². The summed E-state index contributed by atoms with van der Waals surface area (Å²) >= 11 is 0. The fraction of sp³-hybridized carbons (Fsp3) is 0.923. The molecule has 0 spiro atoms. The minimum atomic E-state index is -0.838. The average molecular weight is 307 g/mol. The van der Waals surface area contributed by atoms with Crippen LogP contribution in [0.5, 0.6) is 0 Å². The monoisotopic (exact) mass is 307 g/mol. The number of rotatable bonds is 14. The lowest BCUT2D eigenvalue weighted by Crippen LogP contribution is -2.29. The summed E-state index contributed by atoms with van der Waals surface area (Å²) in [6.45, 7) is 7.49. The maximum Gasteiger partial charge on any atom is 0.237 e. The van der Waals surface area contributed by atoms with Gasteiger partial charge in [-0.25, -0.2) is 6.57 Å². The van der Waals surface area contributed by atoms with Crippen molar-refractivity contribution >= 4 is 0 Å². The fourth-order valence-corrected chi connectivity index (χ4v) is 1.35. The molecule has 0 aliphatic rings. The number of hydrogen-bond donors (Lipinski definition) is 3. The molecule has 0 saturated carbocycles. The van der Waals surface area contributed by atoms with Crippen molar-refractivity contribution in [1.29, 1.82) is 0 Å². The van der Waals surface area contributed by atoms with Crippen molar-refractivity contribution in [3.05, 3.63) is 11.4 Å². The highest BCUT2D eigenvalue weighted by Gasteiger charge is 2.10. The van der Waals surface area contributed by atoms with E-state index in [2.05, 4.69) is 4.85 Å². The third-order valence-corrected chi connectivity index (χ3v) is 2.26. The molecule has 8 nitrogen and oxygen atoms in total. The van der Waals surface area contributed by atoms with Crippen molar-refractivity contribution in [2.45, 2.75) is 18.3 Å². The summed E-state index contributed by atoms with van der Waals surface area (Å²) in [7, 11) is 1.47. The highest BCUT2D eigenvalue weighted by atomic mass is 16.5. The molecule has 124 valence electrons. The second-order valence-corrected chi connectivity index (χ2v) is 4.45. The largest absolute Gasteiger partial charge is 0.388 e. The number of methoxy groups -OCH3 is 1. The number of aliphatic hydroxyl groups is 3. The molecule has 0 fully saturated rings. The van der Waals surface area contributed by atoms with Gasteiger partial charge in [0.1, 0.15) is 24.9 Å². The number of aliphatic hydroxyl groups excluding tert-OH is 3. The molecule has 0 heterocycles. The smallest absolute Gasteiger partial charge is 0.237 e. The first-order chi connectivity index (χ1) is 10.1. The van der Waals surface area contributed by atoms with E-state index in [1.54, 1.807) is 0 Å². The van der Waals surface area contributed by atoms with Crippen molar-refractivity contribution in [3.8, 4) is 0 Å². The van der Waals surface area contributed by atoms with E-state index < -0.39 is 18.3 Å². The van der Waals surface area contributed by atoms with Crippen LogP contribution < -0.4 is 0 Å². The predicted octanol–water partition coefficient (Wildman–Crippen LogP) is -1.32. The average Bonchev–Trinajstić information content (AvgIpc) is 2.44. The van der Waals surface area contributed by atoms with Crippen molar-refractivity contribution in [1.82, 2.24) is 0 Å². The lowest BCUT2D eigenvalue weighted by atomic mass is 10.4. The van der Waals surface area contributed by atoms with E-state index in [0.29, 0.717) is 0 Å². The van der Waals surface area contributed by atoms with E-state index in [1.165, 1.54) is 7.11 Å². The van der Waals surface area contributed by atoms with Gasteiger partial charge in [-0.2, -0.15) is 0 Å². The van der Waals surface area contributed by atoms with Gasteiger partial charge in [0, 0.05) is 7.11 Å². The van der Waals surface area contributed by atoms with Gasteiger partial charge in [-0.3, -0.25) is 0 Å². The predicted molar refractivity (Wildman–Crippen MR) is 73.8 cm³/mol. The summed E-state index contributed by atoms with van der Waals surface area (Å²) in [5, 5.41) is 28.3. The van der Waals surface area contributed by atoms with E-state index in [0.717, 1.165) is 0 Å². The van der Waals surface area contributed by atoms with Crippen molar-refractivity contribution in [2.75, 3.05) is 59.9 Å². The van der Waals surface area contributed by atoms with Crippen LogP contribution in [-0.4, -0.2) is 93.5 Å².